The highest BCUT2D eigenvalue weighted by Gasteiger charge is 2.42. The Hall–Kier alpha value is -3.04. The fourth-order valence-corrected chi connectivity index (χ4v) is 4.25. The predicted octanol–water partition coefficient (Wildman–Crippen LogP) is 4.98. The van der Waals surface area contributed by atoms with Crippen LogP contribution in [0.5, 0.6) is 5.75 Å². The van der Waals surface area contributed by atoms with Gasteiger partial charge >= 0.3 is 0 Å². The van der Waals surface area contributed by atoms with E-state index in [0.29, 0.717) is 22.0 Å². The van der Waals surface area contributed by atoms with Gasteiger partial charge in [0, 0.05) is 12.0 Å². The Bertz CT molecular complexity index is 966. The third-order valence-corrected chi connectivity index (χ3v) is 5.50. The summed E-state index contributed by atoms with van der Waals surface area (Å²) in [6.45, 7) is 0.00228. The molecular formula is C20H16ClN3O3. The second kappa shape index (κ2) is 6.93. The minimum absolute atomic E-state index is 0.00228. The number of nitrogens with zero attached hydrogens (tertiary/aromatic N) is 2. The number of rotatable bonds is 4. The van der Waals surface area contributed by atoms with Crippen LogP contribution in [0.4, 0.5) is 11.4 Å². The Labute approximate surface area is 161 Å². The van der Waals surface area contributed by atoms with Crippen molar-refractivity contribution in [1.82, 2.24) is 0 Å². The third-order valence-electron chi connectivity index (χ3n) is 5.19. The van der Waals surface area contributed by atoms with Crippen molar-refractivity contribution in [2.24, 2.45) is 5.92 Å². The molecule has 0 amide bonds. The van der Waals surface area contributed by atoms with Gasteiger partial charge in [0.25, 0.3) is 5.69 Å². The maximum atomic E-state index is 11.5. The second-order valence-electron chi connectivity index (χ2n) is 6.60. The minimum atomic E-state index is -0.346. The number of halogens is 1. The quantitative estimate of drug-likeness (QED) is 0.458. The van der Waals surface area contributed by atoms with E-state index in [-0.39, 0.29) is 35.1 Å². The number of nitriles is 1. The maximum Gasteiger partial charge on any atom is 0.275 e. The van der Waals surface area contributed by atoms with Crippen LogP contribution in [0.25, 0.3) is 0 Å². The number of hydrogen-bond donors (Lipinski definition) is 1. The first-order valence-electron chi connectivity index (χ1n) is 8.60. The van der Waals surface area contributed by atoms with Gasteiger partial charge in [0.05, 0.1) is 27.2 Å². The number of anilines is 1. The average Bonchev–Trinajstić information content (AvgIpc) is 3.16. The molecule has 0 saturated carbocycles. The molecule has 136 valence electrons. The summed E-state index contributed by atoms with van der Waals surface area (Å²) < 4.78 is 5.31. The standard InChI is InChI=1S/C20H16ClN3O3/c21-16-8-9-17(24(25)26)18-14-2-1-3-15(14)19(23-20(16)18)12-4-6-13(7-5-12)27-11-10-22/h1-2,4-9,14-15,19,23H,3,11H2/t14-,15+,19-/m0/s1. The van der Waals surface area contributed by atoms with E-state index in [9.17, 15) is 10.1 Å². The number of allylic oxidation sites excluding steroid dienone is 2. The third kappa shape index (κ3) is 3.00. The van der Waals surface area contributed by atoms with Crippen molar-refractivity contribution in [3.8, 4) is 11.8 Å². The molecule has 0 aromatic heterocycles. The lowest BCUT2D eigenvalue weighted by Crippen LogP contribution is -2.29. The summed E-state index contributed by atoms with van der Waals surface area (Å²) in [5.41, 5.74) is 2.44. The summed E-state index contributed by atoms with van der Waals surface area (Å²) >= 11 is 6.38. The molecule has 1 N–H and O–H groups in total. The van der Waals surface area contributed by atoms with E-state index in [0.717, 1.165) is 12.0 Å². The van der Waals surface area contributed by atoms with Crippen molar-refractivity contribution in [2.45, 2.75) is 18.4 Å². The van der Waals surface area contributed by atoms with Crippen LogP contribution in [0.2, 0.25) is 5.02 Å². The van der Waals surface area contributed by atoms with Gasteiger partial charge in [-0.2, -0.15) is 5.26 Å². The SMILES string of the molecule is N#CCOc1ccc([C@@H]2Nc3c(Cl)ccc([N+](=O)[O-])c3[C@H]3C=CC[C@H]32)cc1. The monoisotopic (exact) mass is 381 g/mol. The van der Waals surface area contributed by atoms with Crippen molar-refractivity contribution >= 4 is 23.0 Å². The molecule has 27 heavy (non-hydrogen) atoms. The van der Waals surface area contributed by atoms with Gasteiger partial charge in [-0.3, -0.25) is 10.1 Å². The van der Waals surface area contributed by atoms with E-state index in [1.807, 2.05) is 36.4 Å². The van der Waals surface area contributed by atoms with Crippen molar-refractivity contribution in [3.05, 3.63) is 74.8 Å². The summed E-state index contributed by atoms with van der Waals surface area (Å²) in [7, 11) is 0. The van der Waals surface area contributed by atoms with Gasteiger partial charge in [0.15, 0.2) is 6.61 Å². The number of fused-ring (bicyclic) bond motifs is 3. The molecule has 0 bridgehead atoms. The van der Waals surface area contributed by atoms with Crippen LogP contribution >= 0.6 is 11.6 Å². The summed E-state index contributed by atoms with van der Waals surface area (Å²) in [5.74, 6) is 0.742. The van der Waals surface area contributed by atoms with E-state index >= 15 is 0 Å². The van der Waals surface area contributed by atoms with Gasteiger partial charge in [-0.25, -0.2) is 0 Å². The Morgan fingerprint density at radius 3 is 2.78 bits per heavy atom. The fraction of sp³-hybridized carbons (Fsp3) is 0.250. The fourth-order valence-electron chi connectivity index (χ4n) is 4.03. The smallest absolute Gasteiger partial charge is 0.275 e. The zero-order chi connectivity index (χ0) is 19.0. The van der Waals surface area contributed by atoms with Gasteiger partial charge in [0.2, 0.25) is 0 Å². The van der Waals surface area contributed by atoms with Gasteiger partial charge < -0.3 is 10.1 Å². The number of nitro groups is 1. The lowest BCUT2D eigenvalue weighted by atomic mass is 9.76. The molecule has 4 rings (SSSR count). The molecule has 2 aromatic rings. The summed E-state index contributed by atoms with van der Waals surface area (Å²) in [6, 6.07) is 12.5. The molecule has 0 unspecified atom stereocenters. The molecule has 6 nitrogen and oxygen atoms in total. The van der Waals surface area contributed by atoms with E-state index in [4.69, 9.17) is 21.6 Å². The summed E-state index contributed by atoms with van der Waals surface area (Å²) in [4.78, 5) is 11.2. The van der Waals surface area contributed by atoms with Crippen LogP contribution in [0.15, 0.2) is 48.6 Å². The van der Waals surface area contributed by atoms with E-state index in [2.05, 4.69) is 11.4 Å². The zero-order valence-electron chi connectivity index (χ0n) is 14.3. The van der Waals surface area contributed by atoms with Gasteiger partial charge in [-0.15, -0.1) is 0 Å². The van der Waals surface area contributed by atoms with E-state index < -0.39 is 0 Å². The van der Waals surface area contributed by atoms with Crippen LogP contribution in [0, 0.1) is 27.4 Å². The van der Waals surface area contributed by atoms with E-state index in [1.165, 1.54) is 6.07 Å². The Morgan fingerprint density at radius 2 is 2.07 bits per heavy atom. The van der Waals surface area contributed by atoms with Crippen molar-refractivity contribution in [1.29, 1.82) is 5.26 Å². The van der Waals surface area contributed by atoms with E-state index in [1.54, 1.807) is 6.07 Å². The zero-order valence-corrected chi connectivity index (χ0v) is 15.0. The molecular weight excluding hydrogens is 366 g/mol. The van der Waals surface area contributed by atoms with Crippen LogP contribution in [-0.4, -0.2) is 11.5 Å². The average molecular weight is 382 g/mol. The van der Waals surface area contributed by atoms with Gasteiger partial charge in [0.1, 0.15) is 11.8 Å². The Balaban J connectivity index is 1.73. The van der Waals surface area contributed by atoms with Crippen molar-refractivity contribution in [3.63, 3.8) is 0 Å². The van der Waals surface area contributed by atoms with Gasteiger partial charge in [-0.1, -0.05) is 35.9 Å². The molecule has 1 aliphatic carbocycles. The maximum absolute atomic E-state index is 11.5. The highest BCUT2D eigenvalue weighted by Crippen LogP contribution is 2.54. The number of nitro benzene ring substituents is 1. The molecule has 0 radical (unpaired) electrons. The molecule has 0 fully saturated rings. The topological polar surface area (TPSA) is 88.2 Å². The first kappa shape index (κ1) is 17.4. The molecule has 0 saturated heterocycles. The molecule has 2 aliphatic rings. The molecule has 1 heterocycles. The van der Waals surface area contributed by atoms with Crippen molar-refractivity contribution in [2.75, 3.05) is 11.9 Å². The normalized spacial score (nSPS) is 22.3. The predicted molar refractivity (Wildman–Crippen MR) is 102 cm³/mol. The molecule has 2 aromatic carbocycles. The summed E-state index contributed by atoms with van der Waals surface area (Å²) in [5, 5.41) is 24.1. The van der Waals surface area contributed by atoms with Crippen LogP contribution in [0.1, 0.15) is 29.5 Å². The number of nitrogens with one attached hydrogen (secondary N) is 1. The van der Waals surface area contributed by atoms with Gasteiger partial charge in [-0.05, 0) is 36.1 Å². The summed E-state index contributed by atoms with van der Waals surface area (Å²) in [6.07, 6.45) is 4.96. The highest BCUT2D eigenvalue weighted by molar-refractivity contribution is 6.33. The number of hydrogen-bond acceptors (Lipinski definition) is 5. The minimum Gasteiger partial charge on any atom is -0.479 e. The second-order valence-corrected chi connectivity index (χ2v) is 7.01. The lowest BCUT2D eigenvalue weighted by Gasteiger charge is -2.37. The Kier molecular flexibility index (Phi) is 4.46. The molecule has 7 heteroatoms. The largest absolute Gasteiger partial charge is 0.479 e. The lowest BCUT2D eigenvalue weighted by molar-refractivity contribution is -0.385. The van der Waals surface area contributed by atoms with Crippen molar-refractivity contribution < 1.29 is 9.66 Å². The Morgan fingerprint density at radius 1 is 1.30 bits per heavy atom. The number of benzene rings is 2. The van der Waals surface area contributed by atoms with Crippen LogP contribution in [-0.2, 0) is 0 Å². The first-order valence-corrected chi connectivity index (χ1v) is 8.97. The molecule has 0 spiro atoms. The number of ether oxygens (including phenoxy) is 1. The first-order chi connectivity index (χ1) is 13.1. The van der Waals surface area contributed by atoms with Crippen LogP contribution < -0.4 is 10.1 Å². The molecule has 1 aliphatic heterocycles. The highest BCUT2D eigenvalue weighted by atomic mass is 35.5. The van der Waals surface area contributed by atoms with Crippen LogP contribution in [0.3, 0.4) is 0 Å². The molecule has 3 atom stereocenters.